The molecular weight excluding hydrogens is 330 g/mol. The number of H-pyrrole nitrogens is 1. The minimum Gasteiger partial charge on any atom is -0.387 e. The molecule has 1 fully saturated rings. The molecule has 128 valence electrons. The summed E-state index contributed by atoms with van der Waals surface area (Å²) in [7, 11) is 0. The van der Waals surface area contributed by atoms with Gasteiger partial charge in [0.25, 0.3) is 5.56 Å². The second kappa shape index (κ2) is 7.29. The lowest BCUT2D eigenvalue weighted by molar-refractivity contribution is 0.188. The zero-order valence-electron chi connectivity index (χ0n) is 13.4. The quantitative estimate of drug-likeness (QED) is 0.862. The van der Waals surface area contributed by atoms with Crippen LogP contribution < -0.4 is 10.5 Å². The predicted octanol–water partition coefficient (Wildman–Crippen LogP) is 1.19. The fourth-order valence-corrected chi connectivity index (χ4v) is 3.15. The lowest BCUT2D eigenvalue weighted by Crippen LogP contribution is -2.46. The molecule has 0 spiro atoms. The van der Waals surface area contributed by atoms with Crippen LogP contribution in [0.2, 0.25) is 5.02 Å². The van der Waals surface area contributed by atoms with E-state index >= 15 is 0 Å². The third-order valence-electron chi connectivity index (χ3n) is 4.21. The highest BCUT2D eigenvalue weighted by Gasteiger charge is 2.21. The molecule has 8 heteroatoms. The molecule has 3 heterocycles. The van der Waals surface area contributed by atoms with Crippen molar-refractivity contribution in [2.45, 2.75) is 19.6 Å². The first-order valence-corrected chi connectivity index (χ1v) is 8.26. The van der Waals surface area contributed by atoms with Crippen molar-refractivity contribution in [3.8, 4) is 0 Å². The zero-order valence-corrected chi connectivity index (χ0v) is 14.2. The summed E-state index contributed by atoms with van der Waals surface area (Å²) in [4.78, 5) is 20.2. The van der Waals surface area contributed by atoms with Gasteiger partial charge in [-0.2, -0.15) is 5.10 Å². The van der Waals surface area contributed by atoms with Crippen LogP contribution in [0.3, 0.4) is 0 Å². The molecule has 1 atom stereocenters. The number of aliphatic hydroxyl groups is 1. The first-order valence-electron chi connectivity index (χ1n) is 7.88. The second-order valence-electron chi connectivity index (χ2n) is 5.89. The van der Waals surface area contributed by atoms with Crippen LogP contribution in [0.1, 0.15) is 24.3 Å². The molecule has 24 heavy (non-hydrogen) atoms. The number of anilines is 1. The van der Waals surface area contributed by atoms with Crippen LogP contribution in [0.5, 0.6) is 0 Å². The van der Waals surface area contributed by atoms with Crippen molar-refractivity contribution in [3.63, 3.8) is 0 Å². The molecule has 1 aliphatic rings. The van der Waals surface area contributed by atoms with Crippen LogP contribution in [-0.4, -0.2) is 51.4 Å². The number of nitrogens with one attached hydrogen (secondary N) is 1. The van der Waals surface area contributed by atoms with E-state index in [-0.39, 0.29) is 10.6 Å². The Labute approximate surface area is 144 Å². The summed E-state index contributed by atoms with van der Waals surface area (Å²) >= 11 is 6.07. The van der Waals surface area contributed by atoms with Gasteiger partial charge in [-0.15, -0.1) is 0 Å². The monoisotopic (exact) mass is 349 g/mol. The summed E-state index contributed by atoms with van der Waals surface area (Å²) in [5.41, 5.74) is 2.07. The number of hydrogen-bond acceptors (Lipinski definition) is 6. The van der Waals surface area contributed by atoms with Crippen molar-refractivity contribution < 1.29 is 5.11 Å². The summed E-state index contributed by atoms with van der Waals surface area (Å²) in [5.74, 6) is 0. The third kappa shape index (κ3) is 3.58. The van der Waals surface area contributed by atoms with Crippen LogP contribution in [0.4, 0.5) is 5.69 Å². The molecule has 0 aromatic carbocycles. The van der Waals surface area contributed by atoms with Gasteiger partial charge in [-0.1, -0.05) is 17.7 Å². The average molecular weight is 350 g/mol. The molecule has 0 radical (unpaired) electrons. The van der Waals surface area contributed by atoms with E-state index in [2.05, 4.69) is 25.0 Å². The summed E-state index contributed by atoms with van der Waals surface area (Å²) < 4.78 is 0. The molecule has 0 unspecified atom stereocenters. The molecule has 3 rings (SSSR count). The summed E-state index contributed by atoms with van der Waals surface area (Å²) in [5, 5.41) is 16.2. The summed E-state index contributed by atoms with van der Waals surface area (Å²) in [6.45, 7) is 5.65. The lowest BCUT2D eigenvalue weighted by Gasteiger charge is -2.36. The van der Waals surface area contributed by atoms with Gasteiger partial charge in [-0.3, -0.25) is 14.7 Å². The maximum atomic E-state index is 11.6. The number of aromatic amines is 1. The fraction of sp³-hybridized carbons (Fsp3) is 0.438. The fourth-order valence-electron chi connectivity index (χ4n) is 2.94. The van der Waals surface area contributed by atoms with Crippen molar-refractivity contribution in [1.29, 1.82) is 0 Å². The molecule has 0 amide bonds. The molecule has 1 aliphatic heterocycles. The van der Waals surface area contributed by atoms with Crippen LogP contribution in [-0.2, 0) is 6.54 Å². The highest BCUT2D eigenvalue weighted by Crippen LogP contribution is 2.23. The lowest BCUT2D eigenvalue weighted by atomic mass is 10.1. The Morgan fingerprint density at radius 1 is 1.38 bits per heavy atom. The van der Waals surface area contributed by atoms with Crippen molar-refractivity contribution in [3.05, 3.63) is 51.2 Å². The highest BCUT2D eigenvalue weighted by atomic mass is 35.5. The van der Waals surface area contributed by atoms with Crippen LogP contribution >= 0.6 is 11.6 Å². The predicted molar refractivity (Wildman–Crippen MR) is 92.2 cm³/mol. The smallest absolute Gasteiger partial charge is 0.285 e. The van der Waals surface area contributed by atoms with E-state index in [1.54, 1.807) is 19.3 Å². The Morgan fingerprint density at radius 2 is 2.12 bits per heavy atom. The van der Waals surface area contributed by atoms with Crippen molar-refractivity contribution >= 4 is 17.3 Å². The number of rotatable bonds is 4. The Hall–Kier alpha value is -1.96. The minimum atomic E-state index is -0.580. The number of halogens is 1. The normalized spacial score (nSPS) is 17.0. The van der Waals surface area contributed by atoms with E-state index in [1.165, 1.54) is 0 Å². The van der Waals surface area contributed by atoms with Gasteiger partial charge in [-0.25, -0.2) is 5.10 Å². The average Bonchev–Trinajstić information content (AvgIpc) is 2.58. The van der Waals surface area contributed by atoms with Crippen LogP contribution in [0, 0.1) is 0 Å². The molecule has 2 aromatic rings. The van der Waals surface area contributed by atoms with Gasteiger partial charge in [0.1, 0.15) is 5.02 Å². The number of pyridine rings is 1. The standard InChI is InChI=1S/C16H20ClN5O2/c1-11(23)15-12(3-2-4-18-15)10-21-5-7-22(8-6-21)13-9-19-20-16(24)14(13)17/h2-4,9,11,23H,5-8,10H2,1H3,(H,20,24)/t11-/m0/s1. The Bertz CT molecular complexity index is 756. The van der Waals surface area contributed by atoms with Gasteiger partial charge in [0.2, 0.25) is 0 Å². The maximum Gasteiger partial charge on any atom is 0.285 e. The molecule has 2 N–H and O–H groups in total. The molecule has 0 aliphatic carbocycles. The first kappa shape index (κ1) is 16.9. The number of piperazine rings is 1. The van der Waals surface area contributed by atoms with Gasteiger partial charge in [0.05, 0.1) is 23.7 Å². The van der Waals surface area contributed by atoms with Gasteiger partial charge in [0.15, 0.2) is 0 Å². The third-order valence-corrected chi connectivity index (χ3v) is 4.57. The van der Waals surface area contributed by atoms with Gasteiger partial charge >= 0.3 is 0 Å². The van der Waals surface area contributed by atoms with Gasteiger partial charge in [-0.05, 0) is 18.6 Å². The van der Waals surface area contributed by atoms with E-state index in [0.29, 0.717) is 5.69 Å². The van der Waals surface area contributed by atoms with E-state index in [9.17, 15) is 9.90 Å². The topological polar surface area (TPSA) is 85.3 Å². The second-order valence-corrected chi connectivity index (χ2v) is 6.26. The zero-order chi connectivity index (χ0) is 17.1. The molecule has 1 saturated heterocycles. The van der Waals surface area contributed by atoms with E-state index in [0.717, 1.165) is 44.0 Å². The molecule has 2 aromatic heterocycles. The van der Waals surface area contributed by atoms with E-state index in [4.69, 9.17) is 11.6 Å². The molecule has 0 bridgehead atoms. The minimum absolute atomic E-state index is 0.183. The number of hydrogen-bond donors (Lipinski definition) is 2. The Morgan fingerprint density at radius 3 is 2.83 bits per heavy atom. The van der Waals surface area contributed by atoms with E-state index < -0.39 is 6.10 Å². The van der Waals surface area contributed by atoms with Crippen LogP contribution in [0.25, 0.3) is 0 Å². The van der Waals surface area contributed by atoms with Crippen molar-refractivity contribution in [2.24, 2.45) is 0 Å². The maximum absolute atomic E-state index is 11.6. The SMILES string of the molecule is C[C@H](O)c1ncccc1CN1CCN(c2cn[nH]c(=O)c2Cl)CC1. The van der Waals surface area contributed by atoms with E-state index in [1.807, 2.05) is 12.1 Å². The summed E-state index contributed by atoms with van der Waals surface area (Å²) in [6.07, 6.45) is 2.71. The highest BCUT2D eigenvalue weighted by molar-refractivity contribution is 6.32. The molecule has 0 saturated carbocycles. The number of nitrogens with zero attached hydrogens (tertiary/aromatic N) is 4. The molecule has 7 nitrogen and oxygen atoms in total. The number of aromatic nitrogens is 3. The van der Waals surface area contributed by atoms with Crippen LogP contribution in [0.15, 0.2) is 29.3 Å². The molecular formula is C16H20ClN5O2. The largest absolute Gasteiger partial charge is 0.387 e. The number of aliphatic hydroxyl groups excluding tert-OH is 1. The van der Waals surface area contributed by atoms with Crippen molar-refractivity contribution in [2.75, 3.05) is 31.1 Å². The Kier molecular flexibility index (Phi) is 5.13. The van der Waals surface area contributed by atoms with Gasteiger partial charge in [0, 0.05) is 38.9 Å². The van der Waals surface area contributed by atoms with Gasteiger partial charge < -0.3 is 10.0 Å². The summed E-state index contributed by atoms with van der Waals surface area (Å²) in [6, 6.07) is 3.89. The van der Waals surface area contributed by atoms with Crippen molar-refractivity contribution in [1.82, 2.24) is 20.1 Å². The Balaban J connectivity index is 1.66. The first-order chi connectivity index (χ1) is 11.6.